The fourth-order valence-electron chi connectivity index (χ4n) is 4.04. The third-order valence-corrected chi connectivity index (χ3v) is 5.83. The fraction of sp³-hybridized carbons (Fsp3) is 0.0333. The van der Waals surface area contributed by atoms with Gasteiger partial charge in [-0.05, 0) is 36.8 Å². The van der Waals surface area contributed by atoms with Crippen LogP contribution in [0.3, 0.4) is 0 Å². The van der Waals surface area contributed by atoms with Crippen LogP contribution in [0.2, 0.25) is 0 Å². The number of aryl methyl sites for hydroxylation is 1. The lowest BCUT2D eigenvalue weighted by atomic mass is 9.95. The normalized spacial score (nSPS) is 10.6. The van der Waals surface area contributed by atoms with Crippen molar-refractivity contribution in [2.24, 2.45) is 0 Å². The number of nitrogens with one attached hydrogen (secondary N) is 3. The van der Waals surface area contributed by atoms with E-state index in [0.717, 1.165) is 22.4 Å². The molecule has 3 N–H and O–H groups in total. The molecule has 1 amide bonds. The summed E-state index contributed by atoms with van der Waals surface area (Å²) in [4.78, 5) is 26.7. The van der Waals surface area contributed by atoms with Gasteiger partial charge in [-0.15, -0.1) is 0 Å². The largest absolute Gasteiger partial charge is 0.354 e. The third kappa shape index (κ3) is 4.79. The number of aromatic nitrogens is 2. The molecule has 0 bridgehead atoms. The summed E-state index contributed by atoms with van der Waals surface area (Å²) in [5, 5.41) is 13.1. The van der Waals surface area contributed by atoms with Crippen LogP contribution in [-0.2, 0) is 0 Å². The van der Waals surface area contributed by atoms with Gasteiger partial charge in [-0.2, -0.15) is 5.10 Å². The number of hydrogen-bond donors (Lipinski definition) is 3. The van der Waals surface area contributed by atoms with Crippen LogP contribution >= 0.6 is 0 Å². The first-order valence-corrected chi connectivity index (χ1v) is 11.6. The second-order valence-electron chi connectivity index (χ2n) is 8.37. The maximum Gasteiger partial charge on any atom is 0.277 e. The molecule has 0 atom stereocenters. The molecule has 0 radical (unpaired) electrons. The number of carbonyl (C=O) groups is 1. The zero-order valence-corrected chi connectivity index (χ0v) is 19.7. The van der Waals surface area contributed by atoms with E-state index in [4.69, 9.17) is 0 Å². The Bertz CT molecular complexity index is 1560. The molecule has 0 aliphatic carbocycles. The van der Waals surface area contributed by atoms with Crippen molar-refractivity contribution in [2.45, 2.75) is 6.92 Å². The van der Waals surface area contributed by atoms with E-state index in [1.54, 1.807) is 6.07 Å². The van der Waals surface area contributed by atoms with E-state index in [9.17, 15) is 9.59 Å². The Morgan fingerprint density at radius 2 is 1.31 bits per heavy atom. The number of carbonyl (C=O) groups excluding carboxylic acids is 1. The standard InChI is InChI=1S/C30H24N4O2/c1-20-16-18-23(19-17-20)31-24-14-8-9-15-25(24)32-29(35)27-26(21-10-4-2-5-11-21)28(33-34-30(27)36)22-12-6-3-7-13-22/h2-19,31H,1H3,(H,32,35)(H,34,36). The number of para-hydroxylation sites is 2. The van der Waals surface area contributed by atoms with Crippen molar-refractivity contribution >= 4 is 23.0 Å². The van der Waals surface area contributed by atoms with Crippen molar-refractivity contribution < 1.29 is 4.79 Å². The van der Waals surface area contributed by atoms with E-state index in [1.807, 2.05) is 110 Å². The van der Waals surface area contributed by atoms with Crippen molar-refractivity contribution in [1.82, 2.24) is 10.2 Å². The molecule has 0 saturated carbocycles. The Morgan fingerprint density at radius 3 is 1.97 bits per heavy atom. The molecule has 176 valence electrons. The van der Waals surface area contributed by atoms with Crippen molar-refractivity contribution in [1.29, 1.82) is 0 Å². The predicted molar refractivity (Wildman–Crippen MR) is 145 cm³/mol. The summed E-state index contributed by atoms with van der Waals surface area (Å²) in [6, 6.07) is 34.2. The van der Waals surface area contributed by atoms with Gasteiger partial charge in [0.05, 0.1) is 17.1 Å². The molecule has 5 rings (SSSR count). The molecule has 1 aromatic heterocycles. The molecule has 1 heterocycles. The van der Waals surface area contributed by atoms with Crippen LogP contribution in [0.4, 0.5) is 17.1 Å². The van der Waals surface area contributed by atoms with Crippen LogP contribution in [0.5, 0.6) is 0 Å². The second kappa shape index (κ2) is 10.1. The van der Waals surface area contributed by atoms with E-state index in [0.29, 0.717) is 22.6 Å². The SMILES string of the molecule is Cc1ccc(Nc2ccccc2NC(=O)c2c(-c3ccccc3)c(-c3ccccc3)n[nH]c2=O)cc1. The van der Waals surface area contributed by atoms with Crippen LogP contribution in [-0.4, -0.2) is 16.1 Å². The second-order valence-corrected chi connectivity index (χ2v) is 8.37. The summed E-state index contributed by atoms with van der Waals surface area (Å²) < 4.78 is 0. The van der Waals surface area contributed by atoms with Crippen LogP contribution in [0.1, 0.15) is 15.9 Å². The van der Waals surface area contributed by atoms with Gasteiger partial charge in [0, 0.05) is 16.8 Å². The Kier molecular flexibility index (Phi) is 6.40. The molecule has 4 aromatic carbocycles. The summed E-state index contributed by atoms with van der Waals surface area (Å²) in [7, 11) is 0. The maximum absolute atomic E-state index is 13.7. The van der Waals surface area contributed by atoms with Crippen LogP contribution in [0, 0.1) is 6.92 Å². The van der Waals surface area contributed by atoms with Crippen molar-refractivity contribution in [2.75, 3.05) is 10.6 Å². The highest BCUT2D eigenvalue weighted by molar-refractivity contribution is 6.11. The predicted octanol–water partition coefficient (Wildman–Crippen LogP) is 6.41. The molecular weight excluding hydrogens is 448 g/mol. The number of rotatable bonds is 6. The lowest BCUT2D eigenvalue weighted by Crippen LogP contribution is -2.26. The number of amides is 1. The number of H-pyrrole nitrogens is 1. The quantitative estimate of drug-likeness (QED) is 0.267. The van der Waals surface area contributed by atoms with E-state index in [1.165, 1.54) is 0 Å². The average Bonchev–Trinajstić information content (AvgIpc) is 2.92. The topological polar surface area (TPSA) is 86.9 Å². The Labute approximate surface area is 208 Å². The molecule has 0 aliphatic rings. The minimum atomic E-state index is -0.560. The maximum atomic E-state index is 13.7. The number of nitrogens with zero attached hydrogens (tertiary/aromatic N) is 1. The van der Waals surface area contributed by atoms with Crippen molar-refractivity contribution in [3.63, 3.8) is 0 Å². The van der Waals surface area contributed by atoms with E-state index < -0.39 is 11.5 Å². The number of hydrogen-bond acceptors (Lipinski definition) is 4. The molecule has 6 heteroatoms. The first-order chi connectivity index (χ1) is 17.6. The highest BCUT2D eigenvalue weighted by atomic mass is 16.2. The van der Waals surface area contributed by atoms with Gasteiger partial charge in [0.2, 0.25) is 0 Å². The van der Waals surface area contributed by atoms with Gasteiger partial charge in [-0.1, -0.05) is 90.5 Å². The zero-order valence-electron chi connectivity index (χ0n) is 19.7. The molecule has 0 saturated heterocycles. The monoisotopic (exact) mass is 472 g/mol. The highest BCUT2D eigenvalue weighted by Gasteiger charge is 2.23. The molecule has 0 fully saturated rings. The molecule has 0 unspecified atom stereocenters. The molecule has 36 heavy (non-hydrogen) atoms. The smallest absolute Gasteiger partial charge is 0.277 e. The molecule has 5 aromatic rings. The lowest BCUT2D eigenvalue weighted by Gasteiger charge is -2.16. The summed E-state index contributed by atoms with van der Waals surface area (Å²) in [6.07, 6.45) is 0. The number of aromatic amines is 1. The van der Waals surface area contributed by atoms with E-state index in [2.05, 4.69) is 20.8 Å². The van der Waals surface area contributed by atoms with Crippen molar-refractivity contribution in [3.8, 4) is 22.4 Å². The summed E-state index contributed by atoms with van der Waals surface area (Å²) in [5.41, 5.74) is 5.28. The Hall–Kier alpha value is -4.97. The van der Waals surface area contributed by atoms with Gasteiger partial charge < -0.3 is 10.6 Å². The van der Waals surface area contributed by atoms with Gasteiger partial charge >= 0.3 is 0 Å². The minimum Gasteiger partial charge on any atom is -0.354 e. The Balaban J connectivity index is 1.58. The van der Waals surface area contributed by atoms with Crippen LogP contribution in [0.25, 0.3) is 22.4 Å². The summed E-state index contributed by atoms with van der Waals surface area (Å²) in [6.45, 7) is 2.03. The minimum absolute atomic E-state index is 0.000178. The van der Waals surface area contributed by atoms with Crippen LogP contribution in [0.15, 0.2) is 114 Å². The Morgan fingerprint density at radius 1 is 0.722 bits per heavy atom. The lowest BCUT2D eigenvalue weighted by molar-refractivity contribution is 0.102. The number of anilines is 3. The van der Waals surface area contributed by atoms with E-state index >= 15 is 0 Å². The molecule has 0 spiro atoms. The first-order valence-electron chi connectivity index (χ1n) is 11.6. The van der Waals surface area contributed by atoms with Crippen molar-refractivity contribution in [3.05, 3.63) is 131 Å². The summed E-state index contributed by atoms with van der Waals surface area (Å²) in [5.74, 6) is -0.521. The average molecular weight is 473 g/mol. The highest BCUT2D eigenvalue weighted by Crippen LogP contribution is 2.33. The van der Waals surface area contributed by atoms with Gasteiger partial charge in [0.25, 0.3) is 11.5 Å². The first kappa shape index (κ1) is 22.8. The molecule has 0 aliphatic heterocycles. The molecule has 6 nitrogen and oxygen atoms in total. The zero-order chi connectivity index (χ0) is 24.9. The van der Waals surface area contributed by atoms with Gasteiger partial charge in [0.1, 0.15) is 5.56 Å². The molecular formula is C30H24N4O2. The summed E-state index contributed by atoms with van der Waals surface area (Å²) >= 11 is 0. The van der Waals surface area contributed by atoms with Crippen LogP contribution < -0.4 is 16.2 Å². The van der Waals surface area contributed by atoms with E-state index in [-0.39, 0.29) is 5.56 Å². The van der Waals surface area contributed by atoms with Gasteiger partial charge in [-0.25, -0.2) is 5.10 Å². The third-order valence-electron chi connectivity index (χ3n) is 5.83. The van der Waals surface area contributed by atoms with Gasteiger partial charge in [-0.3, -0.25) is 9.59 Å². The fourth-order valence-corrected chi connectivity index (χ4v) is 4.04. The number of benzene rings is 4. The van der Waals surface area contributed by atoms with Gasteiger partial charge in [0.15, 0.2) is 0 Å².